The Morgan fingerprint density at radius 3 is 2.76 bits per heavy atom. The molecule has 7 heteroatoms. The molecule has 0 aromatic heterocycles. The maximum Gasteiger partial charge on any atom is 0.234 e. The summed E-state index contributed by atoms with van der Waals surface area (Å²) in [5.74, 6) is 1.35. The third kappa shape index (κ3) is 6.04. The molecule has 1 aliphatic rings. The van der Waals surface area contributed by atoms with E-state index in [1.165, 1.54) is 0 Å². The number of hydrogen-bond acceptors (Lipinski definition) is 4. The second-order valence-electron chi connectivity index (χ2n) is 4.68. The molecule has 0 bridgehead atoms. The number of halogens is 2. The van der Waals surface area contributed by atoms with Crippen molar-refractivity contribution in [2.24, 2.45) is 0 Å². The van der Waals surface area contributed by atoms with Crippen molar-refractivity contribution >= 4 is 46.6 Å². The van der Waals surface area contributed by atoms with Gasteiger partial charge < -0.3 is 10.1 Å². The van der Waals surface area contributed by atoms with E-state index in [-0.39, 0.29) is 5.91 Å². The number of carbonyl (C=O) groups excluding carboxylic acids is 1. The molecule has 0 aliphatic carbocycles. The van der Waals surface area contributed by atoms with E-state index in [4.69, 9.17) is 27.9 Å². The molecule has 1 saturated heterocycles. The van der Waals surface area contributed by atoms with E-state index in [0.717, 1.165) is 38.6 Å². The number of nitrogens with zero attached hydrogens (tertiary/aromatic N) is 1. The van der Waals surface area contributed by atoms with Crippen LogP contribution in [-0.2, 0) is 9.53 Å². The number of carbonyl (C=O) groups is 1. The van der Waals surface area contributed by atoms with Crippen LogP contribution < -0.4 is 5.32 Å². The predicted molar refractivity (Wildman–Crippen MR) is 89.7 cm³/mol. The lowest BCUT2D eigenvalue weighted by Crippen LogP contribution is -2.37. The predicted octanol–water partition coefficient (Wildman–Crippen LogP) is 3.00. The molecule has 0 spiro atoms. The second kappa shape index (κ2) is 8.86. The third-order valence-corrected chi connectivity index (χ3v) is 4.77. The second-order valence-corrected chi connectivity index (χ2v) is 6.60. The summed E-state index contributed by atoms with van der Waals surface area (Å²) in [5.41, 5.74) is 0.670. The molecule has 1 aromatic carbocycles. The molecule has 116 valence electrons. The molecule has 1 fully saturated rings. The van der Waals surface area contributed by atoms with Crippen LogP contribution in [0.1, 0.15) is 0 Å². The molecule has 1 heterocycles. The number of amides is 1. The van der Waals surface area contributed by atoms with Crippen molar-refractivity contribution in [3.05, 3.63) is 28.2 Å². The summed E-state index contributed by atoms with van der Waals surface area (Å²) in [7, 11) is 0. The lowest BCUT2D eigenvalue weighted by atomic mass is 10.3. The van der Waals surface area contributed by atoms with Gasteiger partial charge in [-0.25, -0.2) is 0 Å². The normalized spacial score (nSPS) is 15.9. The van der Waals surface area contributed by atoms with E-state index in [0.29, 0.717) is 21.5 Å². The fraction of sp³-hybridized carbons (Fsp3) is 0.500. The molecule has 0 radical (unpaired) electrons. The standard InChI is InChI=1S/C14H18Cl2N2O2S/c15-12-2-1-11(9-13(12)16)17-14(19)10-21-8-5-18-3-6-20-7-4-18/h1-2,9H,3-8,10H2,(H,17,19). The smallest absolute Gasteiger partial charge is 0.234 e. The van der Waals surface area contributed by atoms with Crippen LogP contribution in [0.15, 0.2) is 18.2 Å². The highest BCUT2D eigenvalue weighted by Gasteiger charge is 2.10. The highest BCUT2D eigenvalue weighted by Crippen LogP contribution is 2.25. The summed E-state index contributed by atoms with van der Waals surface area (Å²) in [6, 6.07) is 5.07. The molecule has 1 aliphatic heterocycles. The van der Waals surface area contributed by atoms with Gasteiger partial charge in [0.2, 0.25) is 5.91 Å². The van der Waals surface area contributed by atoms with Crippen LogP contribution in [0, 0.1) is 0 Å². The molecule has 4 nitrogen and oxygen atoms in total. The Labute approximate surface area is 139 Å². The van der Waals surface area contributed by atoms with Gasteiger partial charge in [-0.2, -0.15) is 11.8 Å². The summed E-state index contributed by atoms with van der Waals surface area (Å²) < 4.78 is 5.30. The number of hydrogen-bond donors (Lipinski definition) is 1. The fourth-order valence-corrected chi connectivity index (χ4v) is 3.04. The first-order chi connectivity index (χ1) is 10.1. The number of thioether (sulfide) groups is 1. The van der Waals surface area contributed by atoms with Gasteiger partial charge in [0.05, 0.1) is 29.0 Å². The molecule has 1 amide bonds. The van der Waals surface area contributed by atoms with Crippen molar-refractivity contribution in [2.45, 2.75) is 0 Å². The molecular formula is C14H18Cl2N2O2S. The lowest BCUT2D eigenvalue weighted by Gasteiger charge is -2.26. The molecule has 0 atom stereocenters. The Kier molecular flexibility index (Phi) is 7.13. The average molecular weight is 349 g/mol. The molecule has 1 aromatic rings. The van der Waals surface area contributed by atoms with Crippen LogP contribution in [0.4, 0.5) is 5.69 Å². The number of morpholine rings is 1. The zero-order valence-corrected chi connectivity index (χ0v) is 13.9. The SMILES string of the molecule is O=C(CSCCN1CCOCC1)Nc1ccc(Cl)c(Cl)c1. The van der Waals surface area contributed by atoms with Gasteiger partial charge in [-0.15, -0.1) is 0 Å². The van der Waals surface area contributed by atoms with Crippen LogP contribution in [0.25, 0.3) is 0 Å². The first-order valence-corrected chi connectivity index (χ1v) is 8.69. The van der Waals surface area contributed by atoms with E-state index >= 15 is 0 Å². The van der Waals surface area contributed by atoms with Crippen LogP contribution in [0.5, 0.6) is 0 Å². The minimum absolute atomic E-state index is 0.0274. The van der Waals surface area contributed by atoms with Crippen molar-refractivity contribution in [3.8, 4) is 0 Å². The van der Waals surface area contributed by atoms with E-state index in [9.17, 15) is 4.79 Å². The van der Waals surface area contributed by atoms with Gasteiger partial charge in [0.15, 0.2) is 0 Å². The maximum absolute atomic E-state index is 11.8. The van der Waals surface area contributed by atoms with Gasteiger partial charge in [-0.3, -0.25) is 9.69 Å². The monoisotopic (exact) mass is 348 g/mol. The number of benzene rings is 1. The average Bonchev–Trinajstić information content (AvgIpc) is 2.49. The van der Waals surface area contributed by atoms with Gasteiger partial charge >= 0.3 is 0 Å². The maximum atomic E-state index is 11.8. The molecule has 21 heavy (non-hydrogen) atoms. The Morgan fingerprint density at radius 1 is 1.29 bits per heavy atom. The minimum Gasteiger partial charge on any atom is -0.379 e. The van der Waals surface area contributed by atoms with Crippen molar-refractivity contribution in [2.75, 3.05) is 49.7 Å². The Balaban J connectivity index is 1.63. The highest BCUT2D eigenvalue weighted by atomic mass is 35.5. The van der Waals surface area contributed by atoms with E-state index in [2.05, 4.69) is 10.2 Å². The van der Waals surface area contributed by atoms with E-state index < -0.39 is 0 Å². The van der Waals surface area contributed by atoms with Gasteiger partial charge in [-0.1, -0.05) is 23.2 Å². The van der Waals surface area contributed by atoms with Crippen molar-refractivity contribution < 1.29 is 9.53 Å². The molecule has 0 unspecified atom stereocenters. The van der Waals surface area contributed by atoms with Gasteiger partial charge in [0.1, 0.15) is 0 Å². The van der Waals surface area contributed by atoms with Crippen LogP contribution in [-0.4, -0.2) is 55.2 Å². The topological polar surface area (TPSA) is 41.6 Å². The molecule has 1 N–H and O–H groups in total. The van der Waals surface area contributed by atoms with Gasteiger partial charge in [0, 0.05) is 31.1 Å². The highest BCUT2D eigenvalue weighted by molar-refractivity contribution is 7.99. The quantitative estimate of drug-likeness (QED) is 0.802. The van der Waals surface area contributed by atoms with Crippen LogP contribution >= 0.6 is 35.0 Å². The van der Waals surface area contributed by atoms with Crippen LogP contribution in [0.2, 0.25) is 10.0 Å². The Hall–Kier alpha value is -0.460. The van der Waals surface area contributed by atoms with Gasteiger partial charge in [-0.05, 0) is 18.2 Å². The zero-order chi connectivity index (χ0) is 15.1. The summed E-state index contributed by atoms with van der Waals surface area (Å²) in [4.78, 5) is 14.2. The van der Waals surface area contributed by atoms with E-state index in [1.54, 1.807) is 30.0 Å². The molecular weight excluding hydrogens is 331 g/mol. The number of rotatable bonds is 6. The van der Waals surface area contributed by atoms with Crippen molar-refractivity contribution in [1.82, 2.24) is 4.90 Å². The number of ether oxygens (including phenoxy) is 1. The van der Waals surface area contributed by atoms with Crippen molar-refractivity contribution in [1.29, 1.82) is 0 Å². The third-order valence-electron chi connectivity index (χ3n) is 3.09. The van der Waals surface area contributed by atoms with E-state index in [1.807, 2.05) is 0 Å². The molecule has 0 saturated carbocycles. The lowest BCUT2D eigenvalue weighted by molar-refractivity contribution is -0.113. The summed E-state index contributed by atoms with van der Waals surface area (Å²) in [6.07, 6.45) is 0. The van der Waals surface area contributed by atoms with Crippen molar-refractivity contribution in [3.63, 3.8) is 0 Å². The van der Waals surface area contributed by atoms with Gasteiger partial charge in [0.25, 0.3) is 0 Å². The fourth-order valence-electron chi connectivity index (χ4n) is 1.95. The first kappa shape index (κ1) is 16.9. The number of nitrogens with one attached hydrogen (secondary N) is 1. The Morgan fingerprint density at radius 2 is 2.05 bits per heavy atom. The number of anilines is 1. The zero-order valence-electron chi connectivity index (χ0n) is 11.6. The molecule has 2 rings (SSSR count). The summed E-state index contributed by atoms with van der Waals surface area (Å²) >= 11 is 13.4. The summed E-state index contributed by atoms with van der Waals surface area (Å²) in [5, 5.41) is 3.73. The van der Waals surface area contributed by atoms with Crippen LogP contribution in [0.3, 0.4) is 0 Å². The first-order valence-electron chi connectivity index (χ1n) is 6.78. The minimum atomic E-state index is -0.0274. The largest absolute Gasteiger partial charge is 0.379 e. The summed E-state index contributed by atoms with van der Waals surface area (Å²) in [6.45, 7) is 4.57. The Bertz CT molecular complexity index is 482.